The fraction of sp³-hybridized carbons (Fsp3) is 0.650. The van der Waals surface area contributed by atoms with Gasteiger partial charge in [-0.15, -0.1) is 0 Å². The minimum Gasteiger partial charge on any atom is -0.494 e. The van der Waals surface area contributed by atoms with E-state index in [2.05, 4.69) is 24.0 Å². The van der Waals surface area contributed by atoms with Crippen molar-refractivity contribution in [2.45, 2.75) is 45.8 Å². The number of fused-ring (bicyclic) bond motifs is 1. The molecule has 0 aromatic heterocycles. The second kappa shape index (κ2) is 7.65. The summed E-state index contributed by atoms with van der Waals surface area (Å²) >= 11 is 0. The highest BCUT2D eigenvalue weighted by Crippen LogP contribution is 2.36. The predicted octanol–water partition coefficient (Wildman–Crippen LogP) is 2.71. The van der Waals surface area contributed by atoms with Crippen molar-refractivity contribution in [3.05, 3.63) is 23.3 Å². The smallest absolute Gasteiger partial charge is 0.225 e. The lowest BCUT2D eigenvalue weighted by molar-refractivity contribution is -0.134. The maximum Gasteiger partial charge on any atom is 0.225 e. The van der Waals surface area contributed by atoms with E-state index in [1.165, 1.54) is 11.1 Å². The molecular weight excluding hydrogens is 316 g/mol. The summed E-state index contributed by atoms with van der Waals surface area (Å²) < 4.78 is 11.8. The molecule has 2 aliphatic rings. The van der Waals surface area contributed by atoms with Gasteiger partial charge in [0.05, 0.1) is 6.61 Å². The van der Waals surface area contributed by atoms with E-state index in [0.29, 0.717) is 6.61 Å². The minimum absolute atomic E-state index is 0.168. The van der Waals surface area contributed by atoms with Crippen molar-refractivity contribution in [2.75, 3.05) is 33.8 Å². The Hall–Kier alpha value is -1.75. The largest absolute Gasteiger partial charge is 0.494 e. The van der Waals surface area contributed by atoms with Crippen LogP contribution in [0.15, 0.2) is 12.1 Å². The van der Waals surface area contributed by atoms with E-state index in [-0.39, 0.29) is 17.9 Å². The van der Waals surface area contributed by atoms with Crippen LogP contribution < -0.4 is 9.47 Å². The van der Waals surface area contributed by atoms with E-state index in [9.17, 15) is 4.79 Å². The molecule has 3 rings (SSSR count). The summed E-state index contributed by atoms with van der Waals surface area (Å²) in [5.74, 6) is 2.41. The third-order valence-electron chi connectivity index (χ3n) is 5.15. The molecule has 2 aliphatic heterocycles. The SMILES string of the molecule is CCOc1cc2c(cc1CN1CCC(C(=O)N(C)C)CC1)OC(C)C2. The Morgan fingerprint density at radius 1 is 1.32 bits per heavy atom. The highest BCUT2D eigenvalue weighted by atomic mass is 16.5. The van der Waals surface area contributed by atoms with Gasteiger partial charge in [-0.05, 0) is 51.9 Å². The van der Waals surface area contributed by atoms with Crippen molar-refractivity contribution in [3.8, 4) is 11.5 Å². The van der Waals surface area contributed by atoms with Crippen LogP contribution in [0, 0.1) is 5.92 Å². The molecule has 1 aromatic rings. The van der Waals surface area contributed by atoms with Crippen molar-refractivity contribution in [1.82, 2.24) is 9.80 Å². The van der Waals surface area contributed by atoms with Gasteiger partial charge in [0.1, 0.15) is 17.6 Å². The summed E-state index contributed by atoms with van der Waals surface area (Å²) in [6.45, 7) is 7.54. The van der Waals surface area contributed by atoms with Crippen LogP contribution in [0.5, 0.6) is 11.5 Å². The quantitative estimate of drug-likeness (QED) is 0.822. The van der Waals surface area contributed by atoms with Gasteiger partial charge in [-0.1, -0.05) is 0 Å². The molecule has 5 heteroatoms. The third kappa shape index (κ3) is 4.09. The molecule has 0 saturated carbocycles. The number of amides is 1. The van der Waals surface area contributed by atoms with Crippen LogP contribution in [0.1, 0.15) is 37.8 Å². The number of nitrogens with zero attached hydrogens (tertiary/aromatic N) is 2. The summed E-state index contributed by atoms with van der Waals surface area (Å²) in [5.41, 5.74) is 2.43. The highest BCUT2D eigenvalue weighted by Gasteiger charge is 2.27. The van der Waals surface area contributed by atoms with Gasteiger partial charge < -0.3 is 14.4 Å². The van der Waals surface area contributed by atoms with E-state index in [1.807, 2.05) is 21.0 Å². The monoisotopic (exact) mass is 346 g/mol. The molecule has 138 valence electrons. The van der Waals surface area contributed by atoms with E-state index in [1.54, 1.807) is 4.90 Å². The molecule has 1 atom stereocenters. The molecule has 1 amide bonds. The van der Waals surface area contributed by atoms with Gasteiger partial charge in [-0.2, -0.15) is 0 Å². The summed E-state index contributed by atoms with van der Waals surface area (Å²) in [7, 11) is 3.68. The number of piperidine rings is 1. The first kappa shape index (κ1) is 18.1. The van der Waals surface area contributed by atoms with Crippen LogP contribution in [-0.2, 0) is 17.8 Å². The van der Waals surface area contributed by atoms with E-state index >= 15 is 0 Å². The van der Waals surface area contributed by atoms with E-state index in [0.717, 1.165) is 50.4 Å². The standard InChI is InChI=1S/C20H30N2O3/c1-5-24-18-11-16-10-14(2)25-19(16)12-17(18)13-22-8-6-15(7-9-22)20(23)21(3)4/h11-12,14-15H,5-10,13H2,1-4H3. The number of likely N-dealkylation sites (tertiary alicyclic amines) is 1. The third-order valence-corrected chi connectivity index (χ3v) is 5.15. The average molecular weight is 346 g/mol. The van der Waals surface area contributed by atoms with Crippen LogP contribution in [0.4, 0.5) is 0 Å². The molecule has 0 aliphatic carbocycles. The number of carbonyl (C=O) groups excluding carboxylic acids is 1. The summed E-state index contributed by atoms with van der Waals surface area (Å²) in [4.78, 5) is 16.3. The number of hydrogen-bond donors (Lipinski definition) is 0. The van der Waals surface area contributed by atoms with Crippen molar-refractivity contribution in [2.24, 2.45) is 5.92 Å². The Kier molecular flexibility index (Phi) is 5.52. The van der Waals surface area contributed by atoms with Crippen molar-refractivity contribution in [1.29, 1.82) is 0 Å². The normalized spacial score (nSPS) is 20.9. The van der Waals surface area contributed by atoms with E-state index in [4.69, 9.17) is 9.47 Å². The zero-order chi connectivity index (χ0) is 18.0. The zero-order valence-electron chi connectivity index (χ0n) is 15.9. The second-order valence-corrected chi connectivity index (χ2v) is 7.42. The van der Waals surface area contributed by atoms with Crippen molar-refractivity contribution < 1.29 is 14.3 Å². The lowest BCUT2D eigenvalue weighted by Gasteiger charge is -2.32. The molecule has 0 spiro atoms. The first-order valence-corrected chi connectivity index (χ1v) is 9.36. The summed E-state index contributed by atoms with van der Waals surface area (Å²) in [5, 5.41) is 0. The molecule has 5 nitrogen and oxygen atoms in total. The van der Waals surface area contributed by atoms with E-state index < -0.39 is 0 Å². The molecular formula is C20H30N2O3. The molecule has 0 radical (unpaired) electrons. The van der Waals surface area contributed by atoms with Crippen molar-refractivity contribution >= 4 is 5.91 Å². The Balaban J connectivity index is 1.67. The van der Waals surface area contributed by atoms with Crippen molar-refractivity contribution in [3.63, 3.8) is 0 Å². The molecule has 0 N–H and O–H groups in total. The van der Waals surface area contributed by atoms with Crippen LogP contribution in [-0.4, -0.2) is 55.6 Å². The Morgan fingerprint density at radius 3 is 2.68 bits per heavy atom. The summed E-state index contributed by atoms with van der Waals surface area (Å²) in [6, 6.07) is 4.31. The van der Waals surface area contributed by atoms with Gasteiger partial charge in [0.15, 0.2) is 0 Å². The highest BCUT2D eigenvalue weighted by molar-refractivity contribution is 5.78. The first-order valence-electron chi connectivity index (χ1n) is 9.36. The maximum atomic E-state index is 12.1. The topological polar surface area (TPSA) is 42.0 Å². The Bertz CT molecular complexity index is 622. The van der Waals surface area contributed by atoms with Crippen LogP contribution in [0.25, 0.3) is 0 Å². The Morgan fingerprint density at radius 2 is 2.04 bits per heavy atom. The van der Waals surface area contributed by atoms with Crippen LogP contribution >= 0.6 is 0 Å². The zero-order valence-corrected chi connectivity index (χ0v) is 15.9. The molecule has 0 bridgehead atoms. The molecule has 1 fully saturated rings. The molecule has 1 aromatic carbocycles. The number of rotatable bonds is 5. The van der Waals surface area contributed by atoms with Gasteiger partial charge in [-0.25, -0.2) is 0 Å². The van der Waals surface area contributed by atoms with Crippen LogP contribution in [0.2, 0.25) is 0 Å². The lowest BCUT2D eigenvalue weighted by atomic mass is 9.95. The maximum absolute atomic E-state index is 12.1. The van der Waals surface area contributed by atoms with Gasteiger partial charge in [0.2, 0.25) is 5.91 Å². The van der Waals surface area contributed by atoms with Gasteiger partial charge >= 0.3 is 0 Å². The minimum atomic E-state index is 0.168. The summed E-state index contributed by atoms with van der Waals surface area (Å²) in [6.07, 6.45) is 3.06. The molecule has 2 heterocycles. The number of ether oxygens (including phenoxy) is 2. The average Bonchev–Trinajstić information content (AvgIpc) is 2.94. The van der Waals surface area contributed by atoms with Crippen LogP contribution in [0.3, 0.4) is 0 Å². The molecule has 25 heavy (non-hydrogen) atoms. The fourth-order valence-electron chi connectivity index (χ4n) is 3.84. The number of hydrogen-bond acceptors (Lipinski definition) is 4. The lowest BCUT2D eigenvalue weighted by Crippen LogP contribution is -2.39. The fourth-order valence-corrected chi connectivity index (χ4v) is 3.84. The van der Waals surface area contributed by atoms with Gasteiger partial charge in [-0.3, -0.25) is 9.69 Å². The predicted molar refractivity (Wildman–Crippen MR) is 98.1 cm³/mol. The second-order valence-electron chi connectivity index (χ2n) is 7.42. The van der Waals surface area contributed by atoms with Gasteiger partial charge in [0.25, 0.3) is 0 Å². The first-order chi connectivity index (χ1) is 12.0. The molecule has 1 saturated heterocycles. The Labute approximate surface area is 150 Å². The molecule has 1 unspecified atom stereocenters. The number of carbonyl (C=O) groups is 1. The number of benzene rings is 1. The van der Waals surface area contributed by atoms with Gasteiger partial charge in [0, 0.05) is 44.1 Å².